The Balaban J connectivity index is 2.20. The molecule has 0 saturated heterocycles. The van der Waals surface area contributed by atoms with Crippen molar-refractivity contribution >= 4 is 38.8 Å². The van der Waals surface area contributed by atoms with Crippen LogP contribution in [-0.4, -0.2) is 30.8 Å². The third-order valence-corrected chi connectivity index (χ3v) is 4.49. The highest BCUT2D eigenvalue weighted by Gasteiger charge is 2.51. The van der Waals surface area contributed by atoms with Crippen LogP contribution in [0.15, 0.2) is 36.9 Å². The Bertz CT molecular complexity index is 1020. The first-order chi connectivity index (χ1) is 11.6. The number of carbonyl (C=O) groups is 2. The normalized spacial score (nSPS) is 14.9. The van der Waals surface area contributed by atoms with Crippen molar-refractivity contribution in [3.8, 4) is 0 Å². The molecule has 25 heavy (non-hydrogen) atoms. The van der Waals surface area contributed by atoms with Crippen molar-refractivity contribution in [1.82, 2.24) is 5.06 Å². The molecule has 3 rings (SSSR count). The summed E-state index contributed by atoms with van der Waals surface area (Å²) in [6.45, 7) is 3.60. The van der Waals surface area contributed by atoms with Crippen LogP contribution in [-0.2, 0) is 14.4 Å². The van der Waals surface area contributed by atoms with E-state index in [0.717, 1.165) is 0 Å². The van der Waals surface area contributed by atoms with Gasteiger partial charge < -0.3 is 0 Å². The van der Waals surface area contributed by atoms with Gasteiger partial charge in [-0.25, -0.2) is 0 Å². The number of carbonyl (C=O) groups excluding carboxylic acids is 2. The second-order valence-electron chi connectivity index (χ2n) is 5.01. The van der Waals surface area contributed by atoms with Gasteiger partial charge in [0.1, 0.15) is 0 Å². The number of imide groups is 1. The molecule has 2 aromatic carbocycles. The monoisotopic (exact) mass is 371 g/mol. The number of hydrogen-bond acceptors (Lipinski definition) is 5. The van der Waals surface area contributed by atoms with E-state index < -0.39 is 32.5 Å². The first-order valence-corrected chi connectivity index (χ1v) is 8.07. The smallest absolute Gasteiger partial charge is 0.266 e. The molecule has 10 heteroatoms. The molecule has 1 heterocycles. The van der Waals surface area contributed by atoms with Gasteiger partial charge in [-0.2, -0.15) is 21.6 Å². The number of amides is 2. The molecule has 130 valence electrons. The molecule has 6 nitrogen and oxygen atoms in total. The molecule has 2 aromatic rings. The maximum Gasteiger partial charge on any atom is 0.525 e. The van der Waals surface area contributed by atoms with E-state index in [1.807, 2.05) is 0 Å². The number of hydroxylamine groups is 2. The van der Waals surface area contributed by atoms with Crippen molar-refractivity contribution in [3.05, 3.63) is 53.6 Å². The van der Waals surface area contributed by atoms with Crippen molar-refractivity contribution < 1.29 is 35.5 Å². The van der Waals surface area contributed by atoms with Crippen LogP contribution in [0, 0.1) is 0 Å². The van der Waals surface area contributed by atoms with Gasteiger partial charge in [0.25, 0.3) is 11.8 Å². The zero-order valence-corrected chi connectivity index (χ0v) is 13.0. The van der Waals surface area contributed by atoms with Crippen LogP contribution in [0.1, 0.15) is 26.3 Å². The first kappa shape index (κ1) is 17.1. The van der Waals surface area contributed by atoms with E-state index in [0.29, 0.717) is 10.9 Å². The molecule has 0 N–H and O–H groups in total. The summed E-state index contributed by atoms with van der Waals surface area (Å²) in [5.41, 5.74) is -5.51. The average molecular weight is 371 g/mol. The topological polar surface area (TPSA) is 80.8 Å². The molecule has 0 bridgehead atoms. The van der Waals surface area contributed by atoms with Crippen LogP contribution in [0.25, 0.3) is 16.8 Å². The Morgan fingerprint density at radius 3 is 2.20 bits per heavy atom. The largest absolute Gasteiger partial charge is 0.525 e. The van der Waals surface area contributed by atoms with E-state index in [2.05, 4.69) is 10.9 Å². The summed E-state index contributed by atoms with van der Waals surface area (Å²) in [5, 5.41) is 0.275. The number of hydrogen-bond donors (Lipinski definition) is 0. The van der Waals surface area contributed by atoms with Crippen molar-refractivity contribution in [3.63, 3.8) is 0 Å². The summed E-state index contributed by atoms with van der Waals surface area (Å²) >= 11 is 0. The van der Waals surface area contributed by atoms with Crippen molar-refractivity contribution in [2.75, 3.05) is 0 Å². The summed E-state index contributed by atoms with van der Waals surface area (Å²) in [4.78, 5) is 24.7. The molecule has 0 saturated carbocycles. The first-order valence-electron chi connectivity index (χ1n) is 6.66. The fraction of sp³-hybridized carbons (Fsp3) is 0.0667. The summed E-state index contributed by atoms with van der Waals surface area (Å²) in [6, 6.07) is 7.03. The second kappa shape index (κ2) is 5.39. The van der Waals surface area contributed by atoms with Crippen LogP contribution < -0.4 is 0 Å². The third kappa shape index (κ3) is 2.50. The summed E-state index contributed by atoms with van der Waals surface area (Å²) in [7, 11) is -6.18. The third-order valence-electron chi connectivity index (χ3n) is 3.58. The number of rotatable bonds is 3. The molecule has 1 aliphatic rings. The van der Waals surface area contributed by atoms with E-state index in [-0.39, 0.29) is 16.5 Å². The van der Waals surface area contributed by atoms with Crippen LogP contribution in [0.2, 0.25) is 0 Å². The predicted octanol–water partition coefficient (Wildman–Crippen LogP) is 2.86. The Morgan fingerprint density at radius 1 is 1.04 bits per heavy atom. The van der Waals surface area contributed by atoms with E-state index in [9.17, 15) is 31.2 Å². The minimum atomic E-state index is -6.18. The van der Waals surface area contributed by atoms with Gasteiger partial charge in [-0.3, -0.25) is 9.59 Å². The minimum Gasteiger partial charge on any atom is -0.266 e. The lowest BCUT2D eigenvalue weighted by atomic mass is 9.92. The number of nitrogens with zero attached hydrogens (tertiary/aromatic N) is 1. The lowest BCUT2D eigenvalue weighted by Crippen LogP contribution is -2.44. The number of alkyl halides is 3. The maximum absolute atomic E-state index is 12.5. The van der Waals surface area contributed by atoms with Crippen LogP contribution in [0.5, 0.6) is 0 Å². The summed E-state index contributed by atoms with van der Waals surface area (Å²) in [5.74, 6) is -2.62. The predicted molar refractivity (Wildman–Crippen MR) is 80.6 cm³/mol. The van der Waals surface area contributed by atoms with Crippen molar-refractivity contribution in [1.29, 1.82) is 0 Å². The van der Waals surface area contributed by atoms with Gasteiger partial charge in [0.05, 0.1) is 11.1 Å². The van der Waals surface area contributed by atoms with E-state index in [1.165, 1.54) is 30.3 Å². The lowest BCUT2D eigenvalue weighted by molar-refractivity contribution is -0.0761. The highest BCUT2D eigenvalue weighted by molar-refractivity contribution is 7.87. The van der Waals surface area contributed by atoms with Gasteiger partial charge in [-0.15, -0.1) is 9.35 Å². The minimum absolute atomic E-state index is 0.159. The Kier molecular flexibility index (Phi) is 3.69. The van der Waals surface area contributed by atoms with E-state index in [4.69, 9.17) is 0 Å². The SMILES string of the molecule is C=Cc1ccc2c3c(cccc13)C(=O)N(OS(=O)(=O)C(F)(F)F)C2=O. The van der Waals surface area contributed by atoms with E-state index in [1.54, 1.807) is 6.07 Å². The van der Waals surface area contributed by atoms with Crippen molar-refractivity contribution in [2.45, 2.75) is 5.51 Å². The molecule has 0 unspecified atom stereocenters. The molecule has 0 atom stereocenters. The quantitative estimate of drug-likeness (QED) is 0.612. The average Bonchev–Trinajstić information content (AvgIpc) is 2.55. The van der Waals surface area contributed by atoms with Gasteiger partial charge in [0.2, 0.25) is 0 Å². The molecule has 0 aliphatic carbocycles. The van der Waals surface area contributed by atoms with Crippen molar-refractivity contribution in [2.24, 2.45) is 0 Å². The van der Waals surface area contributed by atoms with Gasteiger partial charge in [-0.05, 0) is 23.1 Å². The molecule has 0 aromatic heterocycles. The Morgan fingerprint density at radius 2 is 1.64 bits per heavy atom. The van der Waals surface area contributed by atoms with E-state index >= 15 is 0 Å². The Hall–Kier alpha value is -2.72. The van der Waals surface area contributed by atoms with Crippen LogP contribution in [0.4, 0.5) is 13.2 Å². The maximum atomic E-state index is 12.5. The summed E-state index contributed by atoms with van der Waals surface area (Å²) in [6.07, 6.45) is 1.48. The highest BCUT2D eigenvalue weighted by atomic mass is 32.2. The standard InChI is InChI=1S/C15H8F3NO5S/c1-2-8-6-7-11-12-9(8)4-3-5-10(12)13(20)19(14(11)21)24-25(22,23)15(16,17)18/h2-7H,1H2. The molecular formula is C15H8F3NO5S. The van der Waals surface area contributed by atoms with Gasteiger partial charge in [0.15, 0.2) is 0 Å². The van der Waals surface area contributed by atoms with Gasteiger partial charge in [0, 0.05) is 5.39 Å². The highest BCUT2D eigenvalue weighted by Crippen LogP contribution is 2.34. The molecule has 2 amide bonds. The number of benzene rings is 2. The molecule has 0 fully saturated rings. The fourth-order valence-corrected chi connectivity index (χ4v) is 2.90. The molecule has 1 aliphatic heterocycles. The Labute approximate surface area is 139 Å². The molecular weight excluding hydrogens is 363 g/mol. The second-order valence-corrected chi connectivity index (χ2v) is 6.53. The van der Waals surface area contributed by atoms with Crippen LogP contribution in [0.3, 0.4) is 0 Å². The van der Waals surface area contributed by atoms with Gasteiger partial charge in [-0.1, -0.05) is 30.9 Å². The zero-order chi connectivity index (χ0) is 18.6. The number of halogens is 3. The fourth-order valence-electron chi connectivity index (χ4n) is 2.48. The molecule has 0 spiro atoms. The van der Waals surface area contributed by atoms with Gasteiger partial charge >= 0.3 is 15.6 Å². The lowest BCUT2D eigenvalue weighted by Gasteiger charge is -2.26. The van der Waals surface area contributed by atoms with Crippen LogP contribution >= 0.6 is 0 Å². The zero-order valence-electron chi connectivity index (χ0n) is 12.2. The molecule has 0 radical (unpaired) electrons. The summed E-state index contributed by atoms with van der Waals surface area (Å²) < 4.78 is 63.6.